The highest BCUT2D eigenvalue weighted by molar-refractivity contribution is 5.37. The minimum absolute atomic E-state index is 0.811. The van der Waals surface area contributed by atoms with Gasteiger partial charge in [-0.1, -0.05) is 36.5 Å². The van der Waals surface area contributed by atoms with Gasteiger partial charge in [0.2, 0.25) is 0 Å². The molecule has 0 aromatic rings. The van der Waals surface area contributed by atoms with Gasteiger partial charge in [-0.3, -0.25) is 0 Å². The van der Waals surface area contributed by atoms with E-state index < -0.39 is 0 Å². The van der Waals surface area contributed by atoms with E-state index in [1.54, 1.807) is 0 Å². The number of rotatable bonds is 4. The summed E-state index contributed by atoms with van der Waals surface area (Å²) in [4.78, 5) is 0. The van der Waals surface area contributed by atoms with Crippen molar-refractivity contribution in [3.63, 3.8) is 0 Å². The Morgan fingerprint density at radius 3 is 2.13 bits per heavy atom. The molecule has 1 heteroatoms. The molecule has 0 fully saturated rings. The molecule has 0 radical (unpaired) electrons. The largest absolute Gasteiger partial charge is 0.399 e. The molecule has 0 unspecified atom stereocenters. The van der Waals surface area contributed by atoms with Crippen molar-refractivity contribution in [1.82, 2.24) is 0 Å². The van der Waals surface area contributed by atoms with Crippen molar-refractivity contribution in [2.24, 2.45) is 5.73 Å². The van der Waals surface area contributed by atoms with E-state index in [-0.39, 0.29) is 0 Å². The van der Waals surface area contributed by atoms with Gasteiger partial charge in [-0.15, -0.1) is 0 Å². The summed E-state index contributed by atoms with van der Waals surface area (Å²) in [5.41, 5.74) is 9.06. The third kappa shape index (κ3) is 5.74. The summed E-state index contributed by atoms with van der Waals surface area (Å²) >= 11 is 0. The first-order chi connectivity index (χ1) is 7.13. The van der Waals surface area contributed by atoms with Gasteiger partial charge < -0.3 is 5.73 Å². The van der Waals surface area contributed by atoms with Crippen molar-refractivity contribution in [2.75, 3.05) is 0 Å². The Balaban J connectivity index is 4.70. The van der Waals surface area contributed by atoms with Gasteiger partial charge >= 0.3 is 0 Å². The molecule has 0 spiro atoms. The van der Waals surface area contributed by atoms with Crippen LogP contribution in [0, 0.1) is 0 Å². The van der Waals surface area contributed by atoms with Crippen LogP contribution in [0.1, 0.15) is 27.7 Å². The van der Waals surface area contributed by atoms with E-state index in [2.05, 4.69) is 13.0 Å². The predicted molar refractivity (Wildman–Crippen MR) is 69.4 cm³/mol. The molecule has 0 atom stereocenters. The van der Waals surface area contributed by atoms with Crippen molar-refractivity contribution in [1.29, 1.82) is 0 Å². The lowest BCUT2D eigenvalue weighted by Gasteiger charge is -2.03. The van der Waals surface area contributed by atoms with Crippen LogP contribution in [-0.4, -0.2) is 0 Å². The molecule has 0 aromatic heterocycles. The zero-order chi connectivity index (χ0) is 11.7. The molecule has 2 N–H and O–H groups in total. The van der Waals surface area contributed by atoms with Crippen LogP contribution in [-0.2, 0) is 0 Å². The highest BCUT2D eigenvalue weighted by Gasteiger charge is 1.95. The molecule has 0 saturated heterocycles. The number of hydrogen-bond donors (Lipinski definition) is 1. The van der Waals surface area contributed by atoms with Crippen LogP contribution in [0.25, 0.3) is 0 Å². The van der Waals surface area contributed by atoms with Gasteiger partial charge in [-0.25, -0.2) is 0 Å². The van der Waals surface area contributed by atoms with E-state index in [4.69, 9.17) is 5.73 Å². The van der Waals surface area contributed by atoms with Crippen LogP contribution in [0.15, 0.2) is 59.4 Å². The van der Waals surface area contributed by atoms with Crippen molar-refractivity contribution in [3.05, 3.63) is 59.4 Å². The molecule has 0 aliphatic carbocycles. The Bertz CT molecular complexity index is 325. The van der Waals surface area contributed by atoms with Gasteiger partial charge in [0.05, 0.1) is 0 Å². The van der Waals surface area contributed by atoms with Crippen molar-refractivity contribution < 1.29 is 0 Å². The van der Waals surface area contributed by atoms with E-state index in [9.17, 15) is 0 Å². The first kappa shape index (κ1) is 13.5. The van der Waals surface area contributed by atoms with E-state index in [1.807, 2.05) is 57.2 Å². The third-order valence-electron chi connectivity index (χ3n) is 2.13. The fourth-order valence-corrected chi connectivity index (χ4v) is 1.06. The monoisotopic (exact) mass is 203 g/mol. The second kappa shape index (κ2) is 7.86. The van der Waals surface area contributed by atoms with Gasteiger partial charge in [0, 0.05) is 5.70 Å². The van der Waals surface area contributed by atoms with Gasteiger partial charge in [0.25, 0.3) is 0 Å². The standard InChI is InChI=1S/C14H21N/c1-5-7-8-9-11-14(15)13(4)12(3)10-6-2/h5-11H,15H2,1-4H3/b7-5+,9-8-,10-6-,13-12+,14-11-. The van der Waals surface area contributed by atoms with E-state index in [1.165, 1.54) is 5.57 Å². The zero-order valence-electron chi connectivity index (χ0n) is 10.1. The molecule has 15 heavy (non-hydrogen) atoms. The highest BCUT2D eigenvalue weighted by atomic mass is 14.6. The fourth-order valence-electron chi connectivity index (χ4n) is 1.06. The minimum Gasteiger partial charge on any atom is -0.399 e. The zero-order valence-corrected chi connectivity index (χ0v) is 10.1. The summed E-state index contributed by atoms with van der Waals surface area (Å²) in [5, 5.41) is 0. The third-order valence-corrected chi connectivity index (χ3v) is 2.13. The topological polar surface area (TPSA) is 26.0 Å². The molecule has 0 aliphatic rings. The highest BCUT2D eigenvalue weighted by Crippen LogP contribution is 2.10. The quantitative estimate of drug-likeness (QED) is 0.689. The lowest BCUT2D eigenvalue weighted by molar-refractivity contribution is 1.24. The smallest absolute Gasteiger partial charge is 0.0346 e. The molecule has 0 heterocycles. The summed E-state index contributed by atoms with van der Waals surface area (Å²) in [7, 11) is 0. The van der Waals surface area contributed by atoms with Crippen LogP contribution in [0.4, 0.5) is 0 Å². The maximum absolute atomic E-state index is 5.92. The number of hydrogen-bond acceptors (Lipinski definition) is 1. The van der Waals surface area contributed by atoms with Crippen LogP contribution < -0.4 is 5.73 Å². The predicted octanol–water partition coefficient (Wildman–Crippen LogP) is 3.87. The summed E-state index contributed by atoms with van der Waals surface area (Å²) in [6.45, 7) is 8.08. The molecule has 0 rings (SSSR count). The molecule has 1 nitrogen and oxygen atoms in total. The van der Waals surface area contributed by atoms with Gasteiger partial charge in [0.1, 0.15) is 0 Å². The summed E-state index contributed by atoms with van der Waals surface area (Å²) in [6, 6.07) is 0. The average Bonchev–Trinajstić information content (AvgIpc) is 2.23. The Kier molecular flexibility index (Phi) is 7.08. The van der Waals surface area contributed by atoms with Gasteiger partial charge in [0.15, 0.2) is 0 Å². The van der Waals surface area contributed by atoms with Crippen molar-refractivity contribution >= 4 is 0 Å². The van der Waals surface area contributed by atoms with E-state index in [0.29, 0.717) is 0 Å². The normalized spacial score (nSPS) is 15.6. The van der Waals surface area contributed by atoms with E-state index in [0.717, 1.165) is 11.3 Å². The maximum atomic E-state index is 5.92. The minimum atomic E-state index is 0.811. The summed E-state index contributed by atoms with van der Waals surface area (Å²) in [5.74, 6) is 0. The Morgan fingerprint density at radius 2 is 1.60 bits per heavy atom. The first-order valence-electron chi connectivity index (χ1n) is 5.19. The van der Waals surface area contributed by atoms with Crippen LogP contribution in [0.5, 0.6) is 0 Å². The Hall–Kier alpha value is -1.50. The molecule has 82 valence electrons. The maximum Gasteiger partial charge on any atom is 0.0346 e. The molecule has 0 bridgehead atoms. The van der Waals surface area contributed by atoms with Crippen LogP contribution in [0.3, 0.4) is 0 Å². The molecule has 0 aliphatic heterocycles. The van der Waals surface area contributed by atoms with Gasteiger partial charge in [-0.05, 0) is 44.9 Å². The lowest BCUT2D eigenvalue weighted by Crippen LogP contribution is -1.99. The first-order valence-corrected chi connectivity index (χ1v) is 5.19. The molecule has 0 amide bonds. The Morgan fingerprint density at radius 1 is 0.933 bits per heavy atom. The lowest BCUT2D eigenvalue weighted by atomic mass is 10.1. The molecule has 0 aromatic carbocycles. The van der Waals surface area contributed by atoms with Crippen LogP contribution >= 0.6 is 0 Å². The molecular weight excluding hydrogens is 182 g/mol. The average molecular weight is 203 g/mol. The second-order valence-corrected chi connectivity index (χ2v) is 3.34. The SMILES string of the molecule is C\C=C/C(C)=C(C)/C(N)=C/C=C\C=C\C. The fraction of sp³-hybridized carbons (Fsp3) is 0.286. The molecule has 0 saturated carbocycles. The number of nitrogens with two attached hydrogens (primary N) is 1. The van der Waals surface area contributed by atoms with E-state index >= 15 is 0 Å². The Labute approximate surface area is 93.4 Å². The second-order valence-electron chi connectivity index (χ2n) is 3.34. The number of allylic oxidation sites excluding steroid dienone is 9. The summed E-state index contributed by atoms with van der Waals surface area (Å²) < 4.78 is 0. The van der Waals surface area contributed by atoms with Crippen molar-refractivity contribution in [2.45, 2.75) is 27.7 Å². The van der Waals surface area contributed by atoms with Crippen LogP contribution in [0.2, 0.25) is 0 Å². The summed E-state index contributed by atoms with van der Waals surface area (Å²) in [6.07, 6.45) is 13.9. The molecular formula is C14H21N. The van der Waals surface area contributed by atoms with Crippen molar-refractivity contribution in [3.8, 4) is 0 Å². The van der Waals surface area contributed by atoms with Gasteiger partial charge in [-0.2, -0.15) is 0 Å².